The Morgan fingerprint density at radius 1 is 1.16 bits per heavy atom. The highest BCUT2D eigenvalue weighted by molar-refractivity contribution is 5.99. The second kappa shape index (κ2) is 7.88. The average Bonchev–Trinajstić information content (AvgIpc) is 3.30. The minimum absolute atomic E-state index is 0.174. The molecule has 6 heteroatoms. The lowest BCUT2D eigenvalue weighted by Gasteiger charge is -2.15. The first-order valence-electron chi connectivity index (χ1n) is 8.54. The molecule has 1 saturated carbocycles. The summed E-state index contributed by atoms with van der Waals surface area (Å²) in [6.45, 7) is 1.62. The molecule has 0 saturated heterocycles. The van der Waals surface area contributed by atoms with E-state index >= 15 is 0 Å². The summed E-state index contributed by atoms with van der Waals surface area (Å²) in [5, 5.41) is 5.37. The Labute approximate surface area is 146 Å². The molecule has 1 aliphatic rings. The summed E-state index contributed by atoms with van der Waals surface area (Å²) >= 11 is 0. The highest BCUT2D eigenvalue weighted by Crippen LogP contribution is 2.25. The third-order valence-electron chi connectivity index (χ3n) is 4.21. The molecule has 1 fully saturated rings. The lowest BCUT2D eigenvalue weighted by molar-refractivity contribution is -0.117. The first-order valence-corrected chi connectivity index (χ1v) is 8.54. The molecule has 0 aliphatic heterocycles. The summed E-state index contributed by atoms with van der Waals surface area (Å²) in [6.07, 6.45) is 6.36. The maximum atomic E-state index is 12.2. The van der Waals surface area contributed by atoms with Crippen LogP contribution in [0.3, 0.4) is 0 Å². The molecule has 1 aromatic heterocycles. The van der Waals surface area contributed by atoms with Crippen LogP contribution in [0.5, 0.6) is 5.75 Å². The molecule has 132 valence electrons. The molecule has 2 N–H and O–H groups in total. The third-order valence-corrected chi connectivity index (χ3v) is 4.21. The van der Waals surface area contributed by atoms with Crippen LogP contribution < -0.4 is 15.4 Å². The van der Waals surface area contributed by atoms with Crippen molar-refractivity contribution < 1.29 is 18.7 Å². The largest absolute Gasteiger partial charge is 0.490 e. The van der Waals surface area contributed by atoms with Crippen molar-refractivity contribution in [1.82, 2.24) is 5.32 Å². The zero-order valence-corrected chi connectivity index (χ0v) is 14.2. The fourth-order valence-electron chi connectivity index (χ4n) is 2.81. The molecule has 2 amide bonds. The number of hydrogen-bond donors (Lipinski definition) is 2. The highest BCUT2D eigenvalue weighted by atomic mass is 16.5. The van der Waals surface area contributed by atoms with Crippen LogP contribution in [0, 0.1) is 0 Å². The fraction of sp³-hybridized carbons (Fsp3) is 0.368. The predicted molar refractivity (Wildman–Crippen MR) is 93.6 cm³/mol. The standard InChI is InChI=1S/C19H22N2O4/c1-13(20-19(23)17-7-4-12-24-17)18(22)21-14-8-10-16(11-9-14)25-15-5-2-3-6-15/h4,7-13,15H,2-3,5-6H2,1H3,(H,20,23)(H,21,22). The molecule has 1 aromatic carbocycles. The molecule has 2 aromatic rings. The molecular weight excluding hydrogens is 320 g/mol. The van der Waals surface area contributed by atoms with E-state index in [0.29, 0.717) is 11.8 Å². The number of anilines is 1. The van der Waals surface area contributed by atoms with Gasteiger partial charge in [-0.2, -0.15) is 0 Å². The van der Waals surface area contributed by atoms with E-state index in [-0.39, 0.29) is 11.7 Å². The predicted octanol–water partition coefficient (Wildman–Crippen LogP) is 3.36. The van der Waals surface area contributed by atoms with Crippen LogP contribution in [-0.2, 0) is 4.79 Å². The number of carbonyl (C=O) groups excluding carboxylic acids is 2. The van der Waals surface area contributed by atoms with E-state index in [1.165, 1.54) is 19.1 Å². The summed E-state index contributed by atoms with van der Waals surface area (Å²) in [5.74, 6) is 0.259. The van der Waals surface area contributed by atoms with Crippen molar-refractivity contribution in [3.05, 3.63) is 48.4 Å². The third kappa shape index (κ3) is 4.62. The van der Waals surface area contributed by atoms with Crippen LogP contribution in [0.2, 0.25) is 0 Å². The molecule has 25 heavy (non-hydrogen) atoms. The van der Waals surface area contributed by atoms with E-state index in [1.807, 2.05) is 12.1 Å². The number of amides is 2. The first-order chi connectivity index (χ1) is 12.1. The van der Waals surface area contributed by atoms with Gasteiger partial charge in [0, 0.05) is 5.69 Å². The molecule has 3 rings (SSSR count). The quantitative estimate of drug-likeness (QED) is 0.843. The van der Waals surface area contributed by atoms with E-state index in [2.05, 4.69) is 10.6 Å². The van der Waals surface area contributed by atoms with Gasteiger partial charge in [0.25, 0.3) is 5.91 Å². The van der Waals surface area contributed by atoms with Gasteiger partial charge in [0.1, 0.15) is 11.8 Å². The van der Waals surface area contributed by atoms with E-state index < -0.39 is 11.9 Å². The summed E-state index contributed by atoms with van der Waals surface area (Å²) in [5.41, 5.74) is 0.655. The van der Waals surface area contributed by atoms with Gasteiger partial charge >= 0.3 is 0 Å². The zero-order chi connectivity index (χ0) is 17.6. The van der Waals surface area contributed by atoms with Gasteiger partial charge in [0.05, 0.1) is 12.4 Å². The van der Waals surface area contributed by atoms with Crippen molar-refractivity contribution >= 4 is 17.5 Å². The van der Waals surface area contributed by atoms with Crippen molar-refractivity contribution in [2.45, 2.75) is 44.8 Å². The minimum atomic E-state index is -0.688. The fourth-order valence-corrected chi connectivity index (χ4v) is 2.81. The first kappa shape index (κ1) is 17.1. The number of ether oxygens (including phenoxy) is 1. The molecule has 0 bridgehead atoms. The minimum Gasteiger partial charge on any atom is -0.490 e. The van der Waals surface area contributed by atoms with Gasteiger partial charge in [-0.15, -0.1) is 0 Å². The summed E-state index contributed by atoms with van der Waals surface area (Å²) in [7, 11) is 0. The Hall–Kier alpha value is -2.76. The van der Waals surface area contributed by atoms with Crippen molar-refractivity contribution in [1.29, 1.82) is 0 Å². The summed E-state index contributed by atoms with van der Waals surface area (Å²) < 4.78 is 10.9. The lowest BCUT2D eigenvalue weighted by Crippen LogP contribution is -2.41. The summed E-state index contributed by atoms with van der Waals surface area (Å²) in [4.78, 5) is 24.1. The van der Waals surface area contributed by atoms with Gasteiger partial charge in [0.15, 0.2) is 5.76 Å². The number of benzene rings is 1. The molecule has 1 atom stereocenters. The van der Waals surface area contributed by atoms with E-state index in [0.717, 1.165) is 18.6 Å². The van der Waals surface area contributed by atoms with Gasteiger partial charge in [-0.3, -0.25) is 9.59 Å². The van der Waals surface area contributed by atoms with Crippen LogP contribution in [0.15, 0.2) is 47.1 Å². The van der Waals surface area contributed by atoms with Crippen LogP contribution in [0.25, 0.3) is 0 Å². The Kier molecular flexibility index (Phi) is 5.38. The molecule has 1 aliphatic carbocycles. The Bertz CT molecular complexity index is 704. The Morgan fingerprint density at radius 3 is 2.52 bits per heavy atom. The topological polar surface area (TPSA) is 80.6 Å². The Balaban J connectivity index is 1.50. The normalized spacial score (nSPS) is 15.6. The smallest absolute Gasteiger partial charge is 0.287 e. The van der Waals surface area contributed by atoms with Crippen molar-refractivity contribution in [2.24, 2.45) is 0 Å². The maximum absolute atomic E-state index is 12.2. The van der Waals surface area contributed by atoms with E-state index in [4.69, 9.17) is 9.15 Å². The zero-order valence-electron chi connectivity index (χ0n) is 14.2. The highest BCUT2D eigenvalue weighted by Gasteiger charge is 2.19. The second-order valence-corrected chi connectivity index (χ2v) is 6.21. The van der Waals surface area contributed by atoms with Crippen molar-refractivity contribution in [2.75, 3.05) is 5.32 Å². The molecule has 6 nitrogen and oxygen atoms in total. The average molecular weight is 342 g/mol. The van der Waals surface area contributed by atoms with Crippen LogP contribution in [0.1, 0.15) is 43.2 Å². The van der Waals surface area contributed by atoms with Crippen molar-refractivity contribution in [3.63, 3.8) is 0 Å². The molecule has 0 radical (unpaired) electrons. The molecule has 1 heterocycles. The SMILES string of the molecule is CC(NC(=O)c1ccco1)C(=O)Nc1ccc(OC2CCCC2)cc1. The van der Waals surface area contributed by atoms with Gasteiger partial charge in [0.2, 0.25) is 5.91 Å². The molecule has 1 unspecified atom stereocenters. The number of hydrogen-bond acceptors (Lipinski definition) is 4. The van der Waals surface area contributed by atoms with Gasteiger partial charge in [-0.05, 0) is 69.0 Å². The van der Waals surface area contributed by atoms with Crippen LogP contribution in [-0.4, -0.2) is 24.0 Å². The van der Waals surface area contributed by atoms with E-state index in [1.54, 1.807) is 31.2 Å². The summed E-state index contributed by atoms with van der Waals surface area (Å²) in [6, 6.07) is 9.76. The monoisotopic (exact) mass is 342 g/mol. The van der Waals surface area contributed by atoms with Crippen LogP contribution in [0.4, 0.5) is 5.69 Å². The maximum Gasteiger partial charge on any atom is 0.287 e. The molecule has 0 spiro atoms. The van der Waals surface area contributed by atoms with Gasteiger partial charge in [-0.1, -0.05) is 0 Å². The van der Waals surface area contributed by atoms with Gasteiger partial charge in [-0.25, -0.2) is 0 Å². The van der Waals surface area contributed by atoms with Crippen molar-refractivity contribution in [3.8, 4) is 5.75 Å². The number of nitrogens with one attached hydrogen (secondary N) is 2. The number of furan rings is 1. The van der Waals surface area contributed by atoms with E-state index in [9.17, 15) is 9.59 Å². The van der Waals surface area contributed by atoms with Crippen LogP contribution >= 0.6 is 0 Å². The Morgan fingerprint density at radius 2 is 1.88 bits per heavy atom. The number of carbonyl (C=O) groups is 2. The second-order valence-electron chi connectivity index (χ2n) is 6.21. The van der Waals surface area contributed by atoms with Gasteiger partial charge < -0.3 is 19.8 Å². The number of rotatable bonds is 6. The lowest BCUT2D eigenvalue weighted by atomic mass is 10.2. The molecular formula is C19H22N2O4.